The summed E-state index contributed by atoms with van der Waals surface area (Å²) in [6.07, 6.45) is 7.37. The molecule has 0 radical (unpaired) electrons. The summed E-state index contributed by atoms with van der Waals surface area (Å²) in [5.74, 6) is 0.744. The maximum absolute atomic E-state index is 12.5. The van der Waals surface area contributed by atoms with Gasteiger partial charge in [0.2, 0.25) is 5.95 Å². The summed E-state index contributed by atoms with van der Waals surface area (Å²) in [4.78, 5) is 27.6. The van der Waals surface area contributed by atoms with Gasteiger partial charge >= 0.3 is 6.03 Å². The molecule has 3 heterocycles. The van der Waals surface area contributed by atoms with Gasteiger partial charge in [0.1, 0.15) is 0 Å². The van der Waals surface area contributed by atoms with E-state index in [0.717, 1.165) is 32.1 Å². The number of anilines is 1. The fourth-order valence-corrected chi connectivity index (χ4v) is 3.58. The van der Waals surface area contributed by atoms with Crippen molar-refractivity contribution in [2.24, 2.45) is 0 Å². The van der Waals surface area contributed by atoms with Gasteiger partial charge in [0.15, 0.2) is 0 Å². The third kappa shape index (κ3) is 4.60. The Hall–Kier alpha value is -1.89. The molecule has 0 atom stereocenters. The fraction of sp³-hybridized carbons (Fsp3) is 0.722. The Morgan fingerprint density at radius 2 is 1.68 bits per heavy atom. The summed E-state index contributed by atoms with van der Waals surface area (Å²) in [5, 5.41) is 3.14. The van der Waals surface area contributed by atoms with Gasteiger partial charge in [-0.05, 0) is 45.8 Å². The van der Waals surface area contributed by atoms with Crippen LogP contribution in [0.2, 0.25) is 0 Å². The molecule has 0 aliphatic carbocycles. The standard InChI is InChI=1S/C18H30N6O/c1-18(2,24-9-4-3-5-10-24)15-21-17(25)23-13-11-22(12-14-23)16-19-7-6-8-20-16/h6-8H,3-5,9-15H2,1-2H3,(H,21,25). The van der Waals surface area contributed by atoms with Crippen LogP contribution in [-0.4, -0.2) is 77.2 Å². The number of aromatic nitrogens is 2. The van der Waals surface area contributed by atoms with Crippen LogP contribution in [0.15, 0.2) is 18.5 Å². The molecule has 0 aromatic carbocycles. The van der Waals surface area contributed by atoms with E-state index < -0.39 is 0 Å². The zero-order valence-corrected chi connectivity index (χ0v) is 15.4. The highest BCUT2D eigenvalue weighted by molar-refractivity contribution is 5.74. The number of urea groups is 1. The van der Waals surface area contributed by atoms with Crippen LogP contribution in [0.5, 0.6) is 0 Å². The highest BCUT2D eigenvalue weighted by Crippen LogP contribution is 2.20. The van der Waals surface area contributed by atoms with Crippen molar-refractivity contribution in [1.29, 1.82) is 0 Å². The summed E-state index contributed by atoms with van der Waals surface area (Å²) in [6, 6.07) is 1.86. The Labute approximate surface area is 150 Å². The lowest BCUT2D eigenvalue weighted by atomic mass is 9.98. The lowest BCUT2D eigenvalue weighted by molar-refractivity contribution is 0.0937. The Kier molecular flexibility index (Phi) is 5.73. The number of likely N-dealkylation sites (tertiary alicyclic amines) is 1. The Morgan fingerprint density at radius 1 is 1.04 bits per heavy atom. The average molecular weight is 346 g/mol. The summed E-state index contributed by atoms with van der Waals surface area (Å²) < 4.78 is 0. The van der Waals surface area contributed by atoms with Crippen LogP contribution in [0.1, 0.15) is 33.1 Å². The molecule has 138 valence electrons. The second kappa shape index (κ2) is 7.99. The molecule has 7 heteroatoms. The topological polar surface area (TPSA) is 64.6 Å². The third-order valence-electron chi connectivity index (χ3n) is 5.29. The van der Waals surface area contributed by atoms with Crippen molar-refractivity contribution in [2.75, 3.05) is 50.7 Å². The van der Waals surface area contributed by atoms with Gasteiger partial charge < -0.3 is 15.1 Å². The lowest BCUT2D eigenvalue weighted by Crippen LogP contribution is -2.57. The largest absolute Gasteiger partial charge is 0.337 e. The van der Waals surface area contributed by atoms with Crippen LogP contribution in [0.3, 0.4) is 0 Å². The van der Waals surface area contributed by atoms with Gasteiger partial charge in [-0.25, -0.2) is 14.8 Å². The minimum Gasteiger partial charge on any atom is -0.337 e. The van der Waals surface area contributed by atoms with Crippen LogP contribution in [0.25, 0.3) is 0 Å². The predicted molar refractivity (Wildman–Crippen MR) is 98.7 cm³/mol. The van der Waals surface area contributed by atoms with Gasteiger partial charge in [-0.2, -0.15) is 0 Å². The Morgan fingerprint density at radius 3 is 2.32 bits per heavy atom. The van der Waals surface area contributed by atoms with Crippen LogP contribution in [-0.2, 0) is 0 Å². The van der Waals surface area contributed by atoms with E-state index in [2.05, 4.69) is 38.9 Å². The number of rotatable bonds is 4. The quantitative estimate of drug-likeness (QED) is 0.897. The minimum absolute atomic E-state index is 0.00970. The number of hydrogen-bond acceptors (Lipinski definition) is 5. The number of carbonyl (C=O) groups excluding carboxylic acids is 1. The first-order chi connectivity index (χ1) is 12.1. The van der Waals surface area contributed by atoms with Crippen LogP contribution in [0, 0.1) is 0 Å². The van der Waals surface area contributed by atoms with E-state index in [1.165, 1.54) is 19.3 Å². The molecule has 1 N–H and O–H groups in total. The molecule has 0 saturated carbocycles. The van der Waals surface area contributed by atoms with Gasteiger partial charge in [-0.15, -0.1) is 0 Å². The van der Waals surface area contributed by atoms with Gasteiger partial charge in [0.05, 0.1) is 0 Å². The first-order valence-corrected chi connectivity index (χ1v) is 9.36. The van der Waals surface area contributed by atoms with E-state index in [1.807, 2.05) is 11.0 Å². The molecule has 2 aliphatic rings. The van der Waals surface area contributed by atoms with Crippen LogP contribution < -0.4 is 10.2 Å². The monoisotopic (exact) mass is 346 g/mol. The average Bonchev–Trinajstić information content (AvgIpc) is 2.68. The van der Waals surface area contributed by atoms with Crippen molar-refractivity contribution < 1.29 is 4.79 Å². The number of nitrogens with zero attached hydrogens (tertiary/aromatic N) is 5. The Balaban J connectivity index is 1.45. The molecule has 0 bridgehead atoms. The van der Waals surface area contributed by atoms with Gasteiger partial charge in [-0.3, -0.25) is 4.90 Å². The molecule has 25 heavy (non-hydrogen) atoms. The van der Waals surface area contributed by atoms with E-state index in [9.17, 15) is 4.79 Å². The first kappa shape index (κ1) is 17.9. The fourth-order valence-electron chi connectivity index (χ4n) is 3.58. The van der Waals surface area contributed by atoms with Crippen molar-refractivity contribution in [3.63, 3.8) is 0 Å². The summed E-state index contributed by atoms with van der Waals surface area (Å²) in [7, 11) is 0. The van der Waals surface area contributed by atoms with E-state index in [0.29, 0.717) is 19.6 Å². The normalized spacial score (nSPS) is 19.8. The van der Waals surface area contributed by atoms with Crippen molar-refractivity contribution >= 4 is 12.0 Å². The number of amides is 2. The van der Waals surface area contributed by atoms with Gasteiger partial charge in [0.25, 0.3) is 0 Å². The molecule has 1 aromatic rings. The number of hydrogen-bond donors (Lipinski definition) is 1. The maximum atomic E-state index is 12.5. The molecule has 7 nitrogen and oxygen atoms in total. The number of nitrogens with one attached hydrogen (secondary N) is 1. The summed E-state index contributed by atoms with van der Waals surface area (Å²) in [5.41, 5.74) is 0.00970. The van der Waals surface area contributed by atoms with Crippen molar-refractivity contribution in [3.8, 4) is 0 Å². The molecule has 2 fully saturated rings. The highest BCUT2D eigenvalue weighted by atomic mass is 16.2. The molecule has 2 aliphatic heterocycles. The number of piperidine rings is 1. The van der Waals surface area contributed by atoms with Crippen molar-refractivity contribution in [3.05, 3.63) is 18.5 Å². The summed E-state index contributed by atoms with van der Waals surface area (Å²) in [6.45, 7) is 10.4. The van der Waals surface area contributed by atoms with E-state index in [-0.39, 0.29) is 11.6 Å². The first-order valence-electron chi connectivity index (χ1n) is 9.36. The van der Waals surface area contributed by atoms with Crippen molar-refractivity contribution in [1.82, 2.24) is 25.1 Å². The molecular weight excluding hydrogens is 316 g/mol. The van der Waals surface area contributed by atoms with E-state index in [4.69, 9.17) is 0 Å². The minimum atomic E-state index is 0.00970. The number of piperazine rings is 1. The van der Waals surface area contributed by atoms with Gasteiger partial charge in [0, 0.05) is 50.7 Å². The third-order valence-corrected chi connectivity index (χ3v) is 5.29. The summed E-state index contributed by atoms with van der Waals surface area (Å²) >= 11 is 0. The lowest BCUT2D eigenvalue weighted by Gasteiger charge is -2.41. The molecule has 3 rings (SSSR count). The molecule has 2 saturated heterocycles. The van der Waals surface area contributed by atoms with E-state index >= 15 is 0 Å². The zero-order valence-electron chi connectivity index (χ0n) is 15.4. The van der Waals surface area contributed by atoms with Crippen molar-refractivity contribution in [2.45, 2.75) is 38.6 Å². The molecular formula is C18H30N6O. The second-order valence-corrected chi connectivity index (χ2v) is 7.54. The predicted octanol–water partition coefficient (Wildman–Crippen LogP) is 1.57. The van der Waals surface area contributed by atoms with Crippen LogP contribution >= 0.6 is 0 Å². The molecule has 1 aromatic heterocycles. The van der Waals surface area contributed by atoms with E-state index in [1.54, 1.807) is 12.4 Å². The molecule has 0 spiro atoms. The maximum Gasteiger partial charge on any atom is 0.317 e. The second-order valence-electron chi connectivity index (χ2n) is 7.54. The molecule has 0 unspecified atom stereocenters. The van der Waals surface area contributed by atoms with Gasteiger partial charge in [-0.1, -0.05) is 6.42 Å². The zero-order chi connectivity index (χ0) is 17.7. The van der Waals surface area contributed by atoms with Crippen LogP contribution in [0.4, 0.5) is 10.7 Å². The smallest absolute Gasteiger partial charge is 0.317 e. The number of carbonyl (C=O) groups is 1. The molecule has 2 amide bonds. The highest BCUT2D eigenvalue weighted by Gasteiger charge is 2.29. The Bertz CT molecular complexity index is 550. The SMILES string of the molecule is CC(C)(CNC(=O)N1CCN(c2ncccn2)CC1)N1CCCCC1.